The number of hydrogen-bond donors (Lipinski definition) is 1. The highest BCUT2D eigenvalue weighted by molar-refractivity contribution is 5.97. The van der Waals surface area contributed by atoms with Crippen LogP contribution in [0.3, 0.4) is 0 Å². The minimum absolute atomic E-state index is 0.00977. The van der Waals surface area contributed by atoms with Crippen molar-refractivity contribution in [3.8, 4) is 0 Å². The number of aryl methyl sites for hydroxylation is 2. The van der Waals surface area contributed by atoms with Crippen LogP contribution < -0.4 is 5.32 Å². The minimum atomic E-state index is -0.189. The fourth-order valence-electron chi connectivity index (χ4n) is 3.54. The Kier molecular flexibility index (Phi) is 2.98. The third kappa shape index (κ3) is 2.43. The summed E-state index contributed by atoms with van der Waals surface area (Å²) in [5, 5.41) is 3.00. The number of nitrogens with one attached hydrogen (secondary N) is 1. The molecule has 4 rings (SSSR count). The number of nitrogens with zero attached hydrogens (tertiary/aromatic N) is 1. The van der Waals surface area contributed by atoms with Crippen molar-refractivity contribution in [3.63, 3.8) is 0 Å². The Morgan fingerprint density at radius 1 is 1.19 bits per heavy atom. The molecule has 1 aliphatic heterocycles. The highest BCUT2D eigenvalue weighted by Crippen LogP contribution is 2.33. The molecule has 4 heteroatoms. The second-order valence-corrected chi connectivity index (χ2v) is 6.50. The van der Waals surface area contributed by atoms with Gasteiger partial charge in [-0.25, -0.2) is 0 Å². The fraction of sp³-hybridized carbons (Fsp3) is 0.529. The fourth-order valence-corrected chi connectivity index (χ4v) is 3.54. The number of carbonyl (C=O) groups excluding carboxylic acids is 2. The first-order chi connectivity index (χ1) is 10.2. The van der Waals surface area contributed by atoms with Gasteiger partial charge in [-0.1, -0.05) is 6.07 Å². The molecule has 2 aliphatic carbocycles. The van der Waals surface area contributed by atoms with Gasteiger partial charge in [-0.15, -0.1) is 0 Å². The van der Waals surface area contributed by atoms with E-state index in [1.165, 1.54) is 17.5 Å². The van der Waals surface area contributed by atoms with E-state index >= 15 is 0 Å². The van der Waals surface area contributed by atoms with Crippen molar-refractivity contribution < 1.29 is 9.59 Å². The Labute approximate surface area is 124 Å². The molecule has 110 valence electrons. The van der Waals surface area contributed by atoms with Crippen molar-refractivity contribution in [1.82, 2.24) is 4.90 Å². The molecule has 0 spiro atoms. The molecule has 1 aromatic rings. The molecule has 0 unspecified atom stereocenters. The van der Waals surface area contributed by atoms with Crippen LogP contribution in [0.5, 0.6) is 0 Å². The standard InChI is InChI=1S/C17H20N2O2/c20-16-9-13(10-19(16)15-6-7-15)17(21)18-14-5-4-11-2-1-3-12(11)8-14/h4-5,8,13,15H,1-3,6-7,9-10H2,(H,18,21)/t13-/m0/s1. The highest BCUT2D eigenvalue weighted by Gasteiger charge is 2.41. The third-order valence-corrected chi connectivity index (χ3v) is 4.88. The van der Waals surface area contributed by atoms with Crippen molar-refractivity contribution in [2.75, 3.05) is 11.9 Å². The molecular weight excluding hydrogens is 264 g/mol. The lowest BCUT2D eigenvalue weighted by molar-refractivity contribution is -0.128. The second kappa shape index (κ2) is 4.86. The van der Waals surface area contributed by atoms with Crippen LogP contribution in [0.4, 0.5) is 5.69 Å². The van der Waals surface area contributed by atoms with Crippen LogP contribution in [-0.4, -0.2) is 29.3 Å². The van der Waals surface area contributed by atoms with Gasteiger partial charge in [0.15, 0.2) is 0 Å². The van der Waals surface area contributed by atoms with Crippen molar-refractivity contribution in [2.24, 2.45) is 5.92 Å². The van der Waals surface area contributed by atoms with Crippen LogP contribution in [0.15, 0.2) is 18.2 Å². The average molecular weight is 284 g/mol. The first kappa shape index (κ1) is 12.9. The quantitative estimate of drug-likeness (QED) is 0.924. The molecule has 2 amide bonds. The number of carbonyl (C=O) groups is 2. The monoisotopic (exact) mass is 284 g/mol. The molecular formula is C17H20N2O2. The summed E-state index contributed by atoms with van der Waals surface area (Å²) >= 11 is 0. The zero-order chi connectivity index (χ0) is 14.4. The first-order valence-electron chi connectivity index (χ1n) is 7.93. The van der Waals surface area contributed by atoms with Crippen LogP contribution >= 0.6 is 0 Å². The summed E-state index contributed by atoms with van der Waals surface area (Å²) < 4.78 is 0. The molecule has 0 aromatic heterocycles. The zero-order valence-electron chi connectivity index (χ0n) is 12.1. The predicted molar refractivity (Wildman–Crippen MR) is 79.9 cm³/mol. The molecule has 2 fully saturated rings. The second-order valence-electron chi connectivity index (χ2n) is 6.50. The van der Waals surface area contributed by atoms with Crippen molar-refractivity contribution in [1.29, 1.82) is 0 Å². The van der Waals surface area contributed by atoms with Gasteiger partial charge in [0.1, 0.15) is 0 Å². The van der Waals surface area contributed by atoms with Gasteiger partial charge in [0.05, 0.1) is 5.92 Å². The van der Waals surface area contributed by atoms with Gasteiger partial charge in [-0.05, 0) is 55.4 Å². The van der Waals surface area contributed by atoms with Gasteiger partial charge in [0.2, 0.25) is 11.8 Å². The topological polar surface area (TPSA) is 49.4 Å². The summed E-state index contributed by atoms with van der Waals surface area (Å²) in [5.74, 6) is -0.0533. The molecule has 3 aliphatic rings. The van der Waals surface area contributed by atoms with E-state index in [2.05, 4.69) is 17.4 Å². The molecule has 1 aromatic carbocycles. The third-order valence-electron chi connectivity index (χ3n) is 4.88. The SMILES string of the molecule is O=C(Nc1ccc2c(c1)CCC2)[C@H]1CC(=O)N(C2CC2)C1. The van der Waals surface area contributed by atoms with Gasteiger partial charge < -0.3 is 10.2 Å². The van der Waals surface area contributed by atoms with Crippen LogP contribution in [0, 0.1) is 5.92 Å². The van der Waals surface area contributed by atoms with Gasteiger partial charge in [0, 0.05) is 24.7 Å². The van der Waals surface area contributed by atoms with Gasteiger partial charge in [-0.3, -0.25) is 9.59 Å². The average Bonchev–Trinajstić information content (AvgIpc) is 3.07. The summed E-state index contributed by atoms with van der Waals surface area (Å²) in [6, 6.07) is 6.61. The smallest absolute Gasteiger partial charge is 0.229 e. The summed E-state index contributed by atoms with van der Waals surface area (Å²) in [6.45, 7) is 0.597. The van der Waals surface area contributed by atoms with Crippen LogP contribution in [0.2, 0.25) is 0 Å². The number of anilines is 1. The van der Waals surface area contributed by atoms with Gasteiger partial charge in [0.25, 0.3) is 0 Å². The Morgan fingerprint density at radius 2 is 2.00 bits per heavy atom. The Bertz CT molecular complexity index is 607. The van der Waals surface area contributed by atoms with Crippen LogP contribution in [0.1, 0.15) is 36.8 Å². The Hall–Kier alpha value is -1.84. The molecule has 1 N–H and O–H groups in total. The van der Waals surface area contributed by atoms with E-state index in [1.807, 2.05) is 11.0 Å². The Morgan fingerprint density at radius 3 is 2.81 bits per heavy atom. The van der Waals surface area contributed by atoms with E-state index in [0.29, 0.717) is 19.0 Å². The van der Waals surface area contributed by atoms with Gasteiger partial charge >= 0.3 is 0 Å². The lowest BCUT2D eigenvalue weighted by atomic mass is 10.1. The van der Waals surface area contributed by atoms with Crippen molar-refractivity contribution in [2.45, 2.75) is 44.6 Å². The normalized spacial score (nSPS) is 24.3. The first-order valence-corrected chi connectivity index (χ1v) is 7.93. The molecule has 1 heterocycles. The van der Waals surface area contributed by atoms with Crippen LogP contribution in [0.25, 0.3) is 0 Å². The number of hydrogen-bond acceptors (Lipinski definition) is 2. The summed E-state index contributed by atoms with van der Waals surface area (Å²) in [4.78, 5) is 26.2. The zero-order valence-corrected chi connectivity index (χ0v) is 12.1. The lowest BCUT2D eigenvalue weighted by Crippen LogP contribution is -2.29. The van der Waals surface area contributed by atoms with E-state index in [-0.39, 0.29) is 17.7 Å². The summed E-state index contributed by atoms with van der Waals surface area (Å²) in [6.07, 6.45) is 6.04. The van der Waals surface area contributed by atoms with E-state index < -0.39 is 0 Å². The number of likely N-dealkylation sites (tertiary alicyclic amines) is 1. The Balaban J connectivity index is 1.43. The number of rotatable bonds is 3. The van der Waals surface area contributed by atoms with Crippen LogP contribution in [-0.2, 0) is 22.4 Å². The molecule has 21 heavy (non-hydrogen) atoms. The maximum Gasteiger partial charge on any atom is 0.229 e. The number of benzene rings is 1. The molecule has 4 nitrogen and oxygen atoms in total. The molecule has 1 saturated carbocycles. The molecule has 1 saturated heterocycles. The maximum absolute atomic E-state index is 12.4. The van der Waals surface area contributed by atoms with E-state index in [0.717, 1.165) is 31.4 Å². The largest absolute Gasteiger partial charge is 0.339 e. The number of amides is 2. The van der Waals surface area contributed by atoms with Gasteiger partial charge in [-0.2, -0.15) is 0 Å². The highest BCUT2D eigenvalue weighted by atomic mass is 16.2. The van der Waals surface area contributed by atoms with Crippen molar-refractivity contribution >= 4 is 17.5 Å². The number of fused-ring (bicyclic) bond motifs is 1. The maximum atomic E-state index is 12.4. The summed E-state index contributed by atoms with van der Waals surface area (Å²) in [7, 11) is 0. The predicted octanol–water partition coefficient (Wildman–Crippen LogP) is 2.12. The van der Waals surface area contributed by atoms with E-state index in [9.17, 15) is 9.59 Å². The molecule has 0 radical (unpaired) electrons. The summed E-state index contributed by atoms with van der Waals surface area (Å²) in [5.41, 5.74) is 3.64. The molecule has 0 bridgehead atoms. The minimum Gasteiger partial charge on any atom is -0.339 e. The van der Waals surface area contributed by atoms with Crippen molar-refractivity contribution in [3.05, 3.63) is 29.3 Å². The van der Waals surface area contributed by atoms with E-state index in [4.69, 9.17) is 0 Å². The lowest BCUT2D eigenvalue weighted by Gasteiger charge is -2.15. The molecule has 1 atom stereocenters. The van der Waals surface area contributed by atoms with E-state index in [1.54, 1.807) is 0 Å².